The molecule has 0 aliphatic carbocycles. The molecule has 13 heavy (non-hydrogen) atoms. The number of hydrogen-bond donors (Lipinski definition) is 1. The van der Waals surface area contributed by atoms with Crippen LogP contribution >= 0.6 is 0 Å². The summed E-state index contributed by atoms with van der Waals surface area (Å²) < 4.78 is 0. The Hall–Kier alpha value is -1.58. The summed E-state index contributed by atoms with van der Waals surface area (Å²) in [5.74, 6) is 0. The van der Waals surface area contributed by atoms with E-state index in [2.05, 4.69) is 21.6 Å². The minimum Gasteiger partial charge on any atom is -0.310 e. The van der Waals surface area contributed by atoms with Crippen molar-refractivity contribution in [3.05, 3.63) is 24.0 Å². The van der Waals surface area contributed by atoms with Gasteiger partial charge in [-0.15, -0.1) is 0 Å². The molecule has 68 valence electrons. The Bertz CT molecular complexity index is 418. The third kappa shape index (κ3) is 1.35. The lowest BCUT2D eigenvalue weighted by molar-refractivity contribution is 0.772. The highest BCUT2D eigenvalue weighted by molar-refractivity contribution is 5.74. The van der Waals surface area contributed by atoms with Crippen LogP contribution in [0.15, 0.2) is 18.5 Å². The van der Waals surface area contributed by atoms with Gasteiger partial charge in [-0.3, -0.25) is 4.98 Å². The minimum atomic E-state index is 0.852. The molecular formula is C9H12N4. The van der Waals surface area contributed by atoms with Gasteiger partial charge in [0.2, 0.25) is 0 Å². The van der Waals surface area contributed by atoms with Gasteiger partial charge in [-0.1, -0.05) is 0 Å². The molecule has 0 aromatic carbocycles. The van der Waals surface area contributed by atoms with Gasteiger partial charge in [0.25, 0.3) is 0 Å². The van der Waals surface area contributed by atoms with Crippen molar-refractivity contribution in [1.29, 1.82) is 0 Å². The second-order valence-electron chi connectivity index (χ2n) is 2.99. The molecular weight excluding hydrogens is 164 g/mol. The first-order valence-electron chi connectivity index (χ1n) is 4.35. The van der Waals surface area contributed by atoms with E-state index in [1.54, 1.807) is 11.0 Å². The maximum Gasteiger partial charge on any atom is 0.111 e. The van der Waals surface area contributed by atoms with E-state index in [-0.39, 0.29) is 0 Å². The van der Waals surface area contributed by atoms with E-state index in [9.17, 15) is 0 Å². The summed E-state index contributed by atoms with van der Waals surface area (Å²) in [4.78, 5) is 6.02. The molecule has 0 spiro atoms. The number of hydrogen-bond acceptors (Lipinski definition) is 3. The molecule has 0 aliphatic heterocycles. The van der Waals surface area contributed by atoms with Gasteiger partial charge >= 0.3 is 0 Å². The van der Waals surface area contributed by atoms with Crippen LogP contribution in [0.1, 0.15) is 12.5 Å². The first kappa shape index (κ1) is 8.04. The van der Waals surface area contributed by atoms with Crippen molar-refractivity contribution >= 4 is 11.0 Å². The number of pyridine rings is 1. The number of nitrogens with one attached hydrogen (secondary N) is 1. The molecule has 0 atom stereocenters. The normalized spacial score (nSPS) is 10.6. The second-order valence-corrected chi connectivity index (χ2v) is 2.99. The fraction of sp³-hybridized carbons (Fsp3) is 0.333. The number of fused-ring (bicyclic) bond motifs is 1. The first-order valence-corrected chi connectivity index (χ1v) is 4.35. The van der Waals surface area contributed by atoms with Crippen molar-refractivity contribution in [2.24, 2.45) is 0 Å². The second kappa shape index (κ2) is 3.05. The number of aromatic nitrogens is 3. The van der Waals surface area contributed by atoms with Gasteiger partial charge in [0.1, 0.15) is 11.0 Å². The summed E-state index contributed by atoms with van der Waals surface area (Å²) >= 11 is 0. The molecule has 4 heteroatoms. The van der Waals surface area contributed by atoms with Crippen LogP contribution in [-0.2, 0) is 0 Å². The standard InChI is InChI=1S/C9H12N4/c1-3-11-13-9-4-7(2)5-10-8(9)6-12-13/h4-6,11H,3H2,1-2H3. The molecule has 0 bridgehead atoms. The van der Waals surface area contributed by atoms with Crippen LogP contribution in [0.2, 0.25) is 0 Å². The topological polar surface area (TPSA) is 42.7 Å². The van der Waals surface area contributed by atoms with Crippen LogP contribution in [0.5, 0.6) is 0 Å². The van der Waals surface area contributed by atoms with Gasteiger partial charge in [0.15, 0.2) is 0 Å². The molecule has 0 saturated heterocycles. The van der Waals surface area contributed by atoms with E-state index >= 15 is 0 Å². The molecule has 2 rings (SSSR count). The zero-order chi connectivity index (χ0) is 9.26. The van der Waals surface area contributed by atoms with Gasteiger partial charge in [-0.25, -0.2) is 0 Å². The Kier molecular flexibility index (Phi) is 1.88. The van der Waals surface area contributed by atoms with Crippen LogP contribution in [0, 0.1) is 6.92 Å². The molecule has 2 aromatic heterocycles. The Morgan fingerprint density at radius 3 is 3.08 bits per heavy atom. The minimum absolute atomic E-state index is 0.852. The number of rotatable bonds is 2. The van der Waals surface area contributed by atoms with Crippen molar-refractivity contribution in [2.75, 3.05) is 12.0 Å². The van der Waals surface area contributed by atoms with E-state index in [1.165, 1.54) is 0 Å². The predicted molar refractivity (Wildman–Crippen MR) is 52.2 cm³/mol. The van der Waals surface area contributed by atoms with Gasteiger partial charge in [0, 0.05) is 12.7 Å². The molecule has 4 nitrogen and oxygen atoms in total. The Balaban J connectivity index is 2.58. The third-order valence-electron chi connectivity index (χ3n) is 1.87. The lowest BCUT2D eigenvalue weighted by Gasteiger charge is -2.03. The fourth-order valence-corrected chi connectivity index (χ4v) is 1.28. The Morgan fingerprint density at radius 1 is 1.46 bits per heavy atom. The summed E-state index contributed by atoms with van der Waals surface area (Å²) in [7, 11) is 0. The summed E-state index contributed by atoms with van der Waals surface area (Å²) in [6.07, 6.45) is 3.61. The largest absolute Gasteiger partial charge is 0.310 e. The van der Waals surface area contributed by atoms with Crippen molar-refractivity contribution in [3.63, 3.8) is 0 Å². The highest BCUT2D eigenvalue weighted by Gasteiger charge is 2.01. The van der Waals surface area contributed by atoms with Crippen LogP contribution in [0.25, 0.3) is 11.0 Å². The van der Waals surface area contributed by atoms with Crippen LogP contribution in [0.4, 0.5) is 0 Å². The maximum atomic E-state index is 4.26. The van der Waals surface area contributed by atoms with Gasteiger partial charge in [0.05, 0.1) is 6.20 Å². The van der Waals surface area contributed by atoms with Crippen LogP contribution in [-0.4, -0.2) is 21.4 Å². The molecule has 0 fully saturated rings. The van der Waals surface area contributed by atoms with Crippen molar-refractivity contribution < 1.29 is 0 Å². The van der Waals surface area contributed by atoms with Gasteiger partial charge < -0.3 is 5.43 Å². The van der Waals surface area contributed by atoms with Gasteiger partial charge in [-0.05, 0) is 25.5 Å². The monoisotopic (exact) mass is 176 g/mol. The molecule has 0 unspecified atom stereocenters. The molecule has 0 aliphatic rings. The van der Waals surface area contributed by atoms with Crippen LogP contribution < -0.4 is 5.43 Å². The zero-order valence-corrected chi connectivity index (χ0v) is 7.78. The van der Waals surface area contributed by atoms with Crippen molar-refractivity contribution in [2.45, 2.75) is 13.8 Å². The van der Waals surface area contributed by atoms with E-state index < -0.39 is 0 Å². The predicted octanol–water partition coefficient (Wildman–Crippen LogP) is 1.30. The summed E-state index contributed by atoms with van der Waals surface area (Å²) in [6.45, 7) is 4.91. The van der Waals surface area contributed by atoms with E-state index in [1.807, 2.05) is 20.0 Å². The average Bonchev–Trinajstić information content (AvgIpc) is 2.49. The van der Waals surface area contributed by atoms with E-state index in [0.717, 1.165) is 23.1 Å². The highest BCUT2D eigenvalue weighted by atomic mass is 15.6. The van der Waals surface area contributed by atoms with Crippen LogP contribution in [0.3, 0.4) is 0 Å². The lowest BCUT2D eigenvalue weighted by Crippen LogP contribution is -2.14. The molecule has 2 aromatic rings. The Morgan fingerprint density at radius 2 is 2.31 bits per heavy atom. The molecule has 0 saturated carbocycles. The molecule has 0 amide bonds. The number of aryl methyl sites for hydroxylation is 1. The quantitative estimate of drug-likeness (QED) is 0.750. The first-order chi connectivity index (χ1) is 6.31. The molecule has 1 N–H and O–H groups in total. The van der Waals surface area contributed by atoms with E-state index in [0.29, 0.717) is 0 Å². The summed E-state index contributed by atoms with van der Waals surface area (Å²) in [5, 5.41) is 4.17. The molecule has 2 heterocycles. The Labute approximate surface area is 76.6 Å². The molecule has 0 radical (unpaired) electrons. The van der Waals surface area contributed by atoms with Crippen molar-refractivity contribution in [1.82, 2.24) is 14.9 Å². The van der Waals surface area contributed by atoms with E-state index in [4.69, 9.17) is 0 Å². The summed E-state index contributed by atoms with van der Waals surface area (Å²) in [5.41, 5.74) is 6.22. The lowest BCUT2D eigenvalue weighted by atomic mass is 10.3. The highest BCUT2D eigenvalue weighted by Crippen LogP contribution is 2.10. The third-order valence-corrected chi connectivity index (χ3v) is 1.87. The van der Waals surface area contributed by atoms with Crippen molar-refractivity contribution in [3.8, 4) is 0 Å². The van der Waals surface area contributed by atoms with Gasteiger partial charge in [-0.2, -0.15) is 9.89 Å². The smallest absolute Gasteiger partial charge is 0.111 e. The maximum absolute atomic E-state index is 4.26. The average molecular weight is 176 g/mol. The SMILES string of the molecule is CCNn1ncc2ncc(C)cc21. The number of nitrogens with zero attached hydrogens (tertiary/aromatic N) is 3. The fourth-order valence-electron chi connectivity index (χ4n) is 1.28. The summed E-state index contributed by atoms with van der Waals surface area (Å²) in [6, 6.07) is 2.07. The zero-order valence-electron chi connectivity index (χ0n) is 7.78.